The van der Waals surface area contributed by atoms with E-state index in [1.807, 2.05) is 36.7 Å². The fourth-order valence-electron chi connectivity index (χ4n) is 1.15. The first-order valence-corrected chi connectivity index (χ1v) is 4.43. The first-order valence-electron chi connectivity index (χ1n) is 4.43. The molecule has 0 spiro atoms. The lowest BCUT2D eigenvalue weighted by molar-refractivity contribution is 0.00188. The summed E-state index contributed by atoms with van der Waals surface area (Å²) < 4.78 is 4.90. The van der Waals surface area contributed by atoms with E-state index in [2.05, 4.69) is 6.07 Å². The minimum Gasteiger partial charge on any atom is -0.361 e. The Kier molecular flexibility index (Phi) is 4.32. The maximum atomic E-state index is 8.63. The highest BCUT2D eigenvalue weighted by Crippen LogP contribution is 2.06. The van der Waals surface area contributed by atoms with Crippen molar-refractivity contribution in [1.29, 1.82) is 0 Å². The third-order valence-electron chi connectivity index (χ3n) is 1.89. The standard InChI is InChI=1S/C11H15NO2/c1-9-4-3-5-10(8-9)6-7-11(12-13)14-2/h3-8,11-13H,1-2H3/b7-6+. The number of benzene rings is 1. The van der Waals surface area contributed by atoms with E-state index >= 15 is 0 Å². The third-order valence-corrected chi connectivity index (χ3v) is 1.89. The van der Waals surface area contributed by atoms with E-state index in [-0.39, 0.29) is 0 Å². The minimum absolute atomic E-state index is 0.462. The van der Waals surface area contributed by atoms with Crippen molar-refractivity contribution in [2.24, 2.45) is 0 Å². The van der Waals surface area contributed by atoms with Gasteiger partial charge in [0.15, 0.2) is 0 Å². The predicted molar refractivity (Wildman–Crippen MR) is 55.9 cm³/mol. The molecule has 0 aliphatic rings. The van der Waals surface area contributed by atoms with Gasteiger partial charge in [-0.15, -0.1) is 0 Å². The van der Waals surface area contributed by atoms with Gasteiger partial charge in [0.25, 0.3) is 0 Å². The van der Waals surface area contributed by atoms with Crippen LogP contribution in [0, 0.1) is 6.92 Å². The van der Waals surface area contributed by atoms with Crippen LogP contribution in [0.25, 0.3) is 6.08 Å². The number of ether oxygens (including phenoxy) is 1. The van der Waals surface area contributed by atoms with Gasteiger partial charge in [-0.1, -0.05) is 35.9 Å². The lowest BCUT2D eigenvalue weighted by Gasteiger charge is -2.06. The van der Waals surface area contributed by atoms with Gasteiger partial charge in [-0.3, -0.25) is 0 Å². The topological polar surface area (TPSA) is 41.5 Å². The van der Waals surface area contributed by atoms with Crippen molar-refractivity contribution >= 4 is 6.08 Å². The Hall–Kier alpha value is -1.16. The van der Waals surface area contributed by atoms with Crippen LogP contribution in [0.5, 0.6) is 0 Å². The molecular formula is C11H15NO2. The van der Waals surface area contributed by atoms with Gasteiger partial charge in [0.1, 0.15) is 6.23 Å². The molecule has 0 saturated heterocycles. The Morgan fingerprint density at radius 2 is 2.29 bits per heavy atom. The Morgan fingerprint density at radius 3 is 2.86 bits per heavy atom. The molecule has 0 saturated carbocycles. The Balaban J connectivity index is 2.67. The second-order valence-electron chi connectivity index (χ2n) is 3.06. The summed E-state index contributed by atoms with van der Waals surface area (Å²) in [6.45, 7) is 2.04. The average Bonchev–Trinajstić information content (AvgIpc) is 2.19. The van der Waals surface area contributed by atoms with Crippen LogP contribution in [0.2, 0.25) is 0 Å². The SMILES string of the molecule is COC(/C=C/c1cccc(C)c1)NO. The summed E-state index contributed by atoms with van der Waals surface area (Å²) in [6, 6.07) is 8.08. The second-order valence-corrected chi connectivity index (χ2v) is 3.06. The number of hydrogen-bond acceptors (Lipinski definition) is 3. The first-order chi connectivity index (χ1) is 6.76. The molecule has 3 nitrogen and oxygen atoms in total. The largest absolute Gasteiger partial charge is 0.361 e. The summed E-state index contributed by atoms with van der Waals surface area (Å²) in [4.78, 5) is 0. The van der Waals surface area contributed by atoms with Gasteiger partial charge in [0.2, 0.25) is 0 Å². The number of nitrogens with one attached hydrogen (secondary N) is 1. The van der Waals surface area contributed by atoms with E-state index in [9.17, 15) is 0 Å². The molecule has 0 heterocycles. The molecule has 76 valence electrons. The quantitative estimate of drug-likeness (QED) is 0.567. The molecule has 0 radical (unpaired) electrons. The van der Waals surface area contributed by atoms with Crippen LogP contribution in [0.1, 0.15) is 11.1 Å². The number of methoxy groups -OCH3 is 1. The van der Waals surface area contributed by atoms with Gasteiger partial charge in [-0.05, 0) is 18.6 Å². The zero-order chi connectivity index (χ0) is 10.4. The van der Waals surface area contributed by atoms with Gasteiger partial charge < -0.3 is 9.94 Å². The molecule has 1 rings (SSSR count). The van der Waals surface area contributed by atoms with Gasteiger partial charge >= 0.3 is 0 Å². The zero-order valence-electron chi connectivity index (χ0n) is 8.40. The fraction of sp³-hybridized carbons (Fsp3) is 0.273. The number of hydrogen-bond donors (Lipinski definition) is 2. The van der Waals surface area contributed by atoms with E-state index in [0.29, 0.717) is 0 Å². The number of hydroxylamine groups is 1. The lowest BCUT2D eigenvalue weighted by Crippen LogP contribution is -2.24. The van der Waals surface area contributed by atoms with Crippen LogP contribution in [0.15, 0.2) is 30.3 Å². The van der Waals surface area contributed by atoms with Crippen LogP contribution in [0.4, 0.5) is 0 Å². The summed E-state index contributed by atoms with van der Waals surface area (Å²) in [5, 5.41) is 8.63. The van der Waals surface area contributed by atoms with Gasteiger partial charge in [-0.2, -0.15) is 5.48 Å². The average molecular weight is 193 g/mol. The molecule has 1 unspecified atom stereocenters. The zero-order valence-corrected chi connectivity index (χ0v) is 8.40. The summed E-state index contributed by atoms with van der Waals surface area (Å²) in [5.41, 5.74) is 4.32. The molecule has 0 aromatic heterocycles. The van der Waals surface area contributed by atoms with Gasteiger partial charge in [0.05, 0.1) is 0 Å². The maximum Gasteiger partial charge on any atom is 0.148 e. The van der Waals surface area contributed by atoms with Gasteiger partial charge in [0, 0.05) is 7.11 Å². The molecule has 0 aliphatic heterocycles. The highest BCUT2D eigenvalue weighted by Gasteiger charge is 1.97. The van der Waals surface area contributed by atoms with E-state index < -0.39 is 6.23 Å². The highest BCUT2D eigenvalue weighted by molar-refractivity contribution is 5.50. The third kappa shape index (κ3) is 3.30. The van der Waals surface area contributed by atoms with Crippen molar-refractivity contribution < 1.29 is 9.94 Å². The Morgan fingerprint density at radius 1 is 1.50 bits per heavy atom. The summed E-state index contributed by atoms with van der Waals surface area (Å²) >= 11 is 0. The number of rotatable bonds is 4. The summed E-state index contributed by atoms with van der Waals surface area (Å²) in [5.74, 6) is 0. The minimum atomic E-state index is -0.462. The number of aryl methyl sites for hydroxylation is 1. The van der Waals surface area contributed by atoms with Gasteiger partial charge in [-0.25, -0.2) is 0 Å². The predicted octanol–water partition coefficient (Wildman–Crippen LogP) is 1.96. The smallest absolute Gasteiger partial charge is 0.148 e. The molecule has 0 fully saturated rings. The van der Waals surface area contributed by atoms with E-state index in [1.54, 1.807) is 6.08 Å². The van der Waals surface area contributed by atoms with Crippen molar-refractivity contribution in [2.45, 2.75) is 13.2 Å². The highest BCUT2D eigenvalue weighted by atomic mass is 16.6. The van der Waals surface area contributed by atoms with Crippen molar-refractivity contribution in [3.8, 4) is 0 Å². The molecule has 3 heteroatoms. The fourth-order valence-corrected chi connectivity index (χ4v) is 1.15. The maximum absolute atomic E-state index is 8.63. The molecule has 14 heavy (non-hydrogen) atoms. The molecule has 0 amide bonds. The van der Waals surface area contributed by atoms with Crippen LogP contribution in [-0.2, 0) is 4.74 Å². The molecule has 0 bridgehead atoms. The molecule has 0 aliphatic carbocycles. The molecule has 1 atom stereocenters. The lowest BCUT2D eigenvalue weighted by atomic mass is 10.1. The van der Waals surface area contributed by atoms with E-state index in [4.69, 9.17) is 9.94 Å². The van der Waals surface area contributed by atoms with Crippen molar-refractivity contribution in [2.75, 3.05) is 7.11 Å². The molecule has 2 N–H and O–H groups in total. The van der Waals surface area contributed by atoms with Crippen molar-refractivity contribution in [3.63, 3.8) is 0 Å². The first kappa shape index (κ1) is 10.9. The molecular weight excluding hydrogens is 178 g/mol. The van der Waals surface area contributed by atoms with Crippen LogP contribution < -0.4 is 5.48 Å². The van der Waals surface area contributed by atoms with Crippen molar-refractivity contribution in [1.82, 2.24) is 5.48 Å². The van der Waals surface area contributed by atoms with E-state index in [1.165, 1.54) is 12.7 Å². The van der Waals surface area contributed by atoms with Crippen LogP contribution in [-0.4, -0.2) is 18.5 Å². The monoisotopic (exact) mass is 193 g/mol. The normalized spacial score (nSPS) is 13.4. The molecule has 1 aromatic carbocycles. The van der Waals surface area contributed by atoms with E-state index in [0.717, 1.165) is 5.56 Å². The Bertz CT molecular complexity index is 306. The second kappa shape index (κ2) is 5.54. The summed E-state index contributed by atoms with van der Waals surface area (Å²) in [7, 11) is 1.52. The Labute approximate surface area is 84.0 Å². The van der Waals surface area contributed by atoms with Crippen LogP contribution >= 0.6 is 0 Å². The molecule has 1 aromatic rings. The van der Waals surface area contributed by atoms with Crippen molar-refractivity contribution in [3.05, 3.63) is 41.5 Å². The summed E-state index contributed by atoms with van der Waals surface area (Å²) in [6.07, 6.45) is 3.18. The van der Waals surface area contributed by atoms with Crippen LogP contribution in [0.3, 0.4) is 0 Å².